The molecule has 3 rings (SSSR count). The molecule has 96 valence electrons. The summed E-state index contributed by atoms with van der Waals surface area (Å²) in [6, 6.07) is 14.8. The summed E-state index contributed by atoms with van der Waals surface area (Å²) in [4.78, 5) is 4.44. The molecule has 0 aliphatic carbocycles. The summed E-state index contributed by atoms with van der Waals surface area (Å²) < 4.78 is 14.1. The highest BCUT2D eigenvalue weighted by molar-refractivity contribution is 7.18. The van der Waals surface area contributed by atoms with Gasteiger partial charge in [0, 0.05) is 24.7 Å². The van der Waals surface area contributed by atoms with Crippen LogP contribution in [0.5, 0.6) is 0 Å². The van der Waals surface area contributed by atoms with Crippen molar-refractivity contribution < 1.29 is 4.39 Å². The van der Waals surface area contributed by atoms with Gasteiger partial charge in [0.15, 0.2) is 0 Å². The van der Waals surface area contributed by atoms with Crippen molar-refractivity contribution in [3.05, 3.63) is 59.4 Å². The van der Waals surface area contributed by atoms with E-state index in [0.717, 1.165) is 33.9 Å². The Morgan fingerprint density at radius 1 is 1.11 bits per heavy atom. The van der Waals surface area contributed by atoms with Gasteiger partial charge in [-0.1, -0.05) is 18.2 Å². The maximum absolute atomic E-state index is 13.1. The van der Waals surface area contributed by atoms with Gasteiger partial charge in [-0.15, -0.1) is 11.3 Å². The Morgan fingerprint density at radius 2 is 1.95 bits per heavy atom. The predicted molar refractivity (Wildman–Crippen MR) is 78.2 cm³/mol. The summed E-state index contributed by atoms with van der Waals surface area (Å²) in [7, 11) is 0. The van der Waals surface area contributed by atoms with Crippen molar-refractivity contribution in [1.82, 2.24) is 4.98 Å². The van der Waals surface area contributed by atoms with E-state index in [-0.39, 0.29) is 5.82 Å². The monoisotopic (exact) mass is 272 g/mol. The Hall–Kier alpha value is -1.94. The summed E-state index contributed by atoms with van der Waals surface area (Å²) >= 11 is 1.62. The van der Waals surface area contributed by atoms with Crippen LogP contribution in [0.15, 0.2) is 48.5 Å². The van der Waals surface area contributed by atoms with Gasteiger partial charge >= 0.3 is 0 Å². The molecule has 1 N–H and O–H groups in total. The van der Waals surface area contributed by atoms with E-state index in [9.17, 15) is 4.39 Å². The molecule has 0 fully saturated rings. The average molecular weight is 272 g/mol. The topological polar surface area (TPSA) is 24.9 Å². The van der Waals surface area contributed by atoms with Crippen LogP contribution in [0.4, 0.5) is 10.1 Å². The standard InChI is InChI=1S/C15H13FN2S/c16-11-6-7-14-13(10-11)18-15(19-14)8-9-17-12-4-2-1-3-5-12/h1-7,10,17H,8-9H2. The van der Waals surface area contributed by atoms with E-state index in [4.69, 9.17) is 0 Å². The average Bonchev–Trinajstić information content (AvgIpc) is 2.82. The van der Waals surface area contributed by atoms with E-state index < -0.39 is 0 Å². The van der Waals surface area contributed by atoms with Crippen LogP contribution in [-0.4, -0.2) is 11.5 Å². The van der Waals surface area contributed by atoms with E-state index in [1.807, 2.05) is 30.3 Å². The van der Waals surface area contributed by atoms with E-state index >= 15 is 0 Å². The molecule has 0 aliphatic rings. The Balaban J connectivity index is 1.65. The molecule has 4 heteroatoms. The third-order valence-corrected chi connectivity index (χ3v) is 3.93. The van der Waals surface area contributed by atoms with Crippen molar-refractivity contribution in [2.75, 3.05) is 11.9 Å². The van der Waals surface area contributed by atoms with Crippen molar-refractivity contribution in [2.24, 2.45) is 0 Å². The first kappa shape index (κ1) is 12.1. The van der Waals surface area contributed by atoms with Crippen molar-refractivity contribution in [3.8, 4) is 0 Å². The lowest BCUT2D eigenvalue weighted by atomic mass is 10.3. The molecule has 0 unspecified atom stereocenters. The van der Waals surface area contributed by atoms with Gasteiger partial charge < -0.3 is 5.32 Å². The highest BCUT2D eigenvalue weighted by atomic mass is 32.1. The molecule has 2 aromatic carbocycles. The second-order valence-corrected chi connectivity index (χ2v) is 5.38. The number of benzene rings is 2. The van der Waals surface area contributed by atoms with Crippen LogP contribution in [-0.2, 0) is 6.42 Å². The molecule has 0 atom stereocenters. The van der Waals surface area contributed by atoms with Crippen LogP contribution in [0.2, 0.25) is 0 Å². The largest absolute Gasteiger partial charge is 0.385 e. The normalized spacial score (nSPS) is 10.8. The minimum Gasteiger partial charge on any atom is -0.385 e. The number of hydrogen-bond acceptors (Lipinski definition) is 3. The fourth-order valence-corrected chi connectivity index (χ4v) is 2.87. The first-order chi connectivity index (χ1) is 9.31. The van der Waals surface area contributed by atoms with Crippen LogP contribution >= 0.6 is 11.3 Å². The quantitative estimate of drug-likeness (QED) is 0.773. The molecule has 2 nitrogen and oxygen atoms in total. The lowest BCUT2D eigenvalue weighted by Gasteiger charge is -2.03. The molecule has 1 aromatic heterocycles. The van der Waals surface area contributed by atoms with E-state index in [1.54, 1.807) is 17.4 Å². The number of anilines is 1. The second kappa shape index (κ2) is 5.36. The number of thiazole rings is 1. The van der Waals surface area contributed by atoms with Gasteiger partial charge in [0.05, 0.1) is 15.2 Å². The number of nitrogens with one attached hydrogen (secondary N) is 1. The molecule has 1 heterocycles. The minimum absolute atomic E-state index is 0.230. The van der Waals surface area contributed by atoms with Crippen molar-refractivity contribution in [2.45, 2.75) is 6.42 Å². The highest BCUT2D eigenvalue weighted by Gasteiger charge is 2.04. The molecule has 0 saturated carbocycles. The highest BCUT2D eigenvalue weighted by Crippen LogP contribution is 2.23. The maximum atomic E-state index is 13.1. The molecule has 0 amide bonds. The molecular formula is C15H13FN2S. The van der Waals surface area contributed by atoms with Crippen LogP contribution < -0.4 is 5.32 Å². The summed E-state index contributed by atoms with van der Waals surface area (Å²) in [5.41, 5.74) is 1.86. The summed E-state index contributed by atoms with van der Waals surface area (Å²) in [5.74, 6) is -0.230. The first-order valence-corrected chi connectivity index (χ1v) is 6.97. The van der Waals surface area contributed by atoms with Crippen molar-refractivity contribution in [3.63, 3.8) is 0 Å². The van der Waals surface area contributed by atoms with Crippen LogP contribution in [0.3, 0.4) is 0 Å². The molecule has 0 spiro atoms. The van der Waals surface area contributed by atoms with Gasteiger partial charge in [0.1, 0.15) is 5.82 Å². The summed E-state index contributed by atoms with van der Waals surface area (Å²) in [5, 5.41) is 4.37. The lowest BCUT2D eigenvalue weighted by molar-refractivity contribution is 0.629. The molecule has 0 saturated heterocycles. The molecule has 3 aromatic rings. The molecule has 0 radical (unpaired) electrons. The SMILES string of the molecule is Fc1ccc2sc(CCNc3ccccc3)nc2c1. The van der Waals surface area contributed by atoms with Crippen molar-refractivity contribution >= 4 is 27.2 Å². The molecule has 0 bridgehead atoms. The number of aromatic nitrogens is 1. The zero-order valence-electron chi connectivity index (χ0n) is 10.3. The van der Waals surface area contributed by atoms with E-state index in [1.165, 1.54) is 12.1 Å². The number of nitrogens with zero attached hydrogens (tertiary/aromatic N) is 1. The molecule has 19 heavy (non-hydrogen) atoms. The van der Waals surface area contributed by atoms with Crippen molar-refractivity contribution in [1.29, 1.82) is 0 Å². The number of rotatable bonds is 4. The fourth-order valence-electron chi connectivity index (χ4n) is 1.93. The Bertz CT molecular complexity index is 679. The first-order valence-electron chi connectivity index (χ1n) is 6.15. The molecule has 0 aliphatic heterocycles. The van der Waals surface area contributed by atoms with Gasteiger partial charge in [0.2, 0.25) is 0 Å². The van der Waals surface area contributed by atoms with Gasteiger partial charge in [0.25, 0.3) is 0 Å². The zero-order chi connectivity index (χ0) is 13.1. The van der Waals surface area contributed by atoms with Crippen LogP contribution in [0.1, 0.15) is 5.01 Å². The number of fused-ring (bicyclic) bond motifs is 1. The minimum atomic E-state index is -0.230. The van der Waals surface area contributed by atoms with Crippen LogP contribution in [0, 0.1) is 5.82 Å². The smallest absolute Gasteiger partial charge is 0.125 e. The molecular weight excluding hydrogens is 259 g/mol. The zero-order valence-corrected chi connectivity index (χ0v) is 11.1. The van der Waals surface area contributed by atoms with Gasteiger partial charge in [-0.25, -0.2) is 9.37 Å². The van der Waals surface area contributed by atoms with Crippen LogP contribution in [0.25, 0.3) is 10.2 Å². The van der Waals surface area contributed by atoms with Gasteiger partial charge in [-0.2, -0.15) is 0 Å². The third kappa shape index (κ3) is 2.90. The van der Waals surface area contributed by atoms with E-state index in [2.05, 4.69) is 10.3 Å². The lowest BCUT2D eigenvalue weighted by Crippen LogP contribution is -2.04. The Morgan fingerprint density at radius 3 is 2.79 bits per heavy atom. The van der Waals surface area contributed by atoms with E-state index in [0.29, 0.717) is 0 Å². The summed E-state index contributed by atoms with van der Waals surface area (Å²) in [6.07, 6.45) is 0.843. The van der Waals surface area contributed by atoms with Gasteiger partial charge in [-0.3, -0.25) is 0 Å². The summed E-state index contributed by atoms with van der Waals surface area (Å²) in [6.45, 7) is 0.826. The fraction of sp³-hybridized carbons (Fsp3) is 0.133. The number of hydrogen-bond donors (Lipinski definition) is 1. The maximum Gasteiger partial charge on any atom is 0.125 e. The number of para-hydroxylation sites is 1. The second-order valence-electron chi connectivity index (χ2n) is 4.26. The van der Waals surface area contributed by atoms with Gasteiger partial charge in [-0.05, 0) is 24.3 Å². The Labute approximate surface area is 114 Å². The predicted octanol–water partition coefficient (Wildman–Crippen LogP) is 4.09. The third-order valence-electron chi connectivity index (χ3n) is 2.84. The Kier molecular flexibility index (Phi) is 3.42. The number of halogens is 1.